The van der Waals surface area contributed by atoms with Crippen LogP contribution in [0.5, 0.6) is 0 Å². The van der Waals surface area contributed by atoms with Crippen molar-refractivity contribution in [2.45, 2.75) is 28.7 Å². The normalized spacial score (nSPS) is 25.9. The van der Waals surface area contributed by atoms with Gasteiger partial charge in [0, 0.05) is 12.3 Å². The molecule has 0 radical (unpaired) electrons. The van der Waals surface area contributed by atoms with Crippen molar-refractivity contribution in [3.8, 4) is 0 Å². The van der Waals surface area contributed by atoms with Gasteiger partial charge in [0.15, 0.2) is 12.3 Å². The quantitative estimate of drug-likeness (QED) is 0.443. The smallest absolute Gasteiger partial charge is 0.330 e. The molecule has 13 heteroatoms. The predicted molar refractivity (Wildman–Crippen MR) is 86.9 cm³/mol. The molecule has 3 rings (SSSR count). The molecule has 1 aliphatic heterocycles. The second-order valence-corrected chi connectivity index (χ2v) is 8.20. The number of nitrogens with zero attached hydrogens (tertiary/aromatic N) is 1. The zero-order valence-corrected chi connectivity index (χ0v) is 14.4. The van der Waals surface area contributed by atoms with Gasteiger partial charge in [-0.25, -0.2) is 17.9 Å². The van der Waals surface area contributed by atoms with Crippen LogP contribution in [0.4, 0.5) is 0 Å². The Balaban J connectivity index is 1.82. The third-order valence-electron chi connectivity index (χ3n) is 3.62. The number of aromatic nitrogens is 2. The Kier molecular flexibility index (Phi) is 4.81. The number of amides is 1. The van der Waals surface area contributed by atoms with Crippen LogP contribution in [-0.2, 0) is 19.6 Å². The summed E-state index contributed by atoms with van der Waals surface area (Å²) in [7, 11) is -4.16. The van der Waals surface area contributed by atoms with E-state index in [1.807, 2.05) is 4.98 Å². The Labute approximate surface area is 149 Å². The number of hydrogen-bond donors (Lipinski definition) is 4. The van der Waals surface area contributed by atoms with Crippen molar-refractivity contribution in [3.63, 3.8) is 0 Å². The van der Waals surface area contributed by atoms with Gasteiger partial charge in [-0.2, -0.15) is 0 Å². The first-order valence-corrected chi connectivity index (χ1v) is 9.50. The maximum absolute atomic E-state index is 12.2. The average Bonchev–Trinajstić information content (AvgIpc) is 3.18. The zero-order valence-electron chi connectivity index (χ0n) is 12.8. The Bertz CT molecular complexity index is 1030. The molecule has 0 aromatic carbocycles. The molecule has 140 valence electrons. The summed E-state index contributed by atoms with van der Waals surface area (Å²) in [5.41, 5.74) is -1.61. The van der Waals surface area contributed by atoms with Crippen molar-refractivity contribution in [1.29, 1.82) is 0 Å². The van der Waals surface area contributed by atoms with Crippen LogP contribution < -0.4 is 16.0 Å². The number of aromatic amines is 1. The third kappa shape index (κ3) is 3.34. The number of H-pyrrole nitrogens is 1. The second-order valence-electron chi connectivity index (χ2n) is 5.35. The van der Waals surface area contributed by atoms with Gasteiger partial charge in [0.2, 0.25) is 0 Å². The molecule has 2 aromatic rings. The minimum Gasteiger partial charge on any atom is -0.387 e. The molecule has 4 N–H and O–H groups in total. The van der Waals surface area contributed by atoms with Gasteiger partial charge in [-0.3, -0.25) is 19.1 Å². The van der Waals surface area contributed by atoms with Gasteiger partial charge in [0.1, 0.15) is 16.4 Å². The number of nitrogens with one attached hydrogen (secondary N) is 2. The number of aliphatic hydroxyl groups is 2. The highest BCUT2D eigenvalue weighted by molar-refractivity contribution is 7.92. The molecule has 1 aliphatic rings. The summed E-state index contributed by atoms with van der Waals surface area (Å²) in [5, 5.41) is 21.6. The van der Waals surface area contributed by atoms with E-state index in [0.717, 1.165) is 28.2 Å². The van der Waals surface area contributed by atoms with Crippen molar-refractivity contribution in [2.75, 3.05) is 0 Å². The first-order chi connectivity index (χ1) is 12.2. The fourth-order valence-electron chi connectivity index (χ4n) is 2.39. The topological polar surface area (TPSA) is 168 Å². The van der Waals surface area contributed by atoms with Crippen molar-refractivity contribution in [1.82, 2.24) is 14.3 Å². The molecule has 3 heterocycles. The van der Waals surface area contributed by atoms with Crippen molar-refractivity contribution >= 4 is 27.3 Å². The summed E-state index contributed by atoms with van der Waals surface area (Å²) < 4.78 is 31.7. The summed E-state index contributed by atoms with van der Waals surface area (Å²) in [5.74, 6) is -1.20. The maximum Gasteiger partial charge on any atom is 0.330 e. The molecule has 0 bridgehead atoms. The van der Waals surface area contributed by atoms with Gasteiger partial charge < -0.3 is 14.9 Å². The monoisotopic (exact) mass is 403 g/mol. The molecule has 0 unspecified atom stereocenters. The molecular formula is C13H13N3O8S2. The van der Waals surface area contributed by atoms with E-state index in [-0.39, 0.29) is 4.21 Å². The van der Waals surface area contributed by atoms with E-state index < -0.39 is 51.7 Å². The number of aliphatic hydroxyl groups excluding tert-OH is 2. The van der Waals surface area contributed by atoms with Crippen LogP contribution in [0.1, 0.15) is 6.23 Å². The van der Waals surface area contributed by atoms with Crippen LogP contribution in [0.15, 0.2) is 43.6 Å². The largest absolute Gasteiger partial charge is 0.387 e. The van der Waals surface area contributed by atoms with Crippen molar-refractivity contribution < 1.29 is 28.2 Å². The Morgan fingerprint density at radius 1 is 1.27 bits per heavy atom. The molecule has 4 atom stereocenters. The van der Waals surface area contributed by atoms with Gasteiger partial charge in [-0.05, 0) is 11.4 Å². The van der Waals surface area contributed by atoms with Crippen LogP contribution >= 0.6 is 11.3 Å². The van der Waals surface area contributed by atoms with Gasteiger partial charge >= 0.3 is 5.69 Å². The summed E-state index contributed by atoms with van der Waals surface area (Å²) in [6.45, 7) is 0. The van der Waals surface area contributed by atoms with Crippen LogP contribution in [0.25, 0.3) is 0 Å². The van der Waals surface area contributed by atoms with Gasteiger partial charge in [0.25, 0.3) is 21.5 Å². The Morgan fingerprint density at radius 3 is 2.62 bits per heavy atom. The lowest BCUT2D eigenvalue weighted by atomic mass is 10.1. The molecule has 11 nitrogen and oxygen atoms in total. The van der Waals surface area contributed by atoms with E-state index in [1.165, 1.54) is 17.5 Å². The molecule has 0 spiro atoms. The van der Waals surface area contributed by atoms with E-state index in [0.29, 0.717) is 0 Å². The van der Waals surface area contributed by atoms with E-state index >= 15 is 0 Å². The fourth-order valence-corrected chi connectivity index (χ4v) is 4.38. The van der Waals surface area contributed by atoms with E-state index in [1.54, 1.807) is 4.72 Å². The molecule has 26 heavy (non-hydrogen) atoms. The SMILES string of the molecule is O=C(NS(=O)(=O)c1cccs1)[C@H]1O[C@@H](n2ccc(=O)[nH]c2=O)[C@H](O)[C@@H]1O. The van der Waals surface area contributed by atoms with Gasteiger partial charge in [-0.1, -0.05) is 6.07 Å². The van der Waals surface area contributed by atoms with Crippen LogP contribution in [0.3, 0.4) is 0 Å². The molecule has 1 fully saturated rings. The van der Waals surface area contributed by atoms with Gasteiger partial charge in [0.05, 0.1) is 0 Å². The summed E-state index contributed by atoms with van der Waals surface area (Å²) in [6.07, 6.45) is -5.72. The zero-order chi connectivity index (χ0) is 19.1. The molecule has 1 saturated heterocycles. The highest BCUT2D eigenvalue weighted by Gasteiger charge is 2.48. The van der Waals surface area contributed by atoms with Crippen molar-refractivity contribution in [2.24, 2.45) is 0 Å². The van der Waals surface area contributed by atoms with E-state index in [4.69, 9.17) is 4.74 Å². The summed E-state index contributed by atoms with van der Waals surface area (Å²) >= 11 is 0.882. The van der Waals surface area contributed by atoms with Gasteiger partial charge in [-0.15, -0.1) is 11.3 Å². The fraction of sp³-hybridized carbons (Fsp3) is 0.308. The molecule has 0 aliphatic carbocycles. The van der Waals surface area contributed by atoms with Crippen molar-refractivity contribution in [3.05, 3.63) is 50.6 Å². The summed E-state index contributed by atoms with van der Waals surface area (Å²) in [4.78, 5) is 37.0. The molecule has 1 amide bonds. The highest BCUT2D eigenvalue weighted by Crippen LogP contribution is 2.28. The molecule has 0 saturated carbocycles. The average molecular weight is 403 g/mol. The molecule has 2 aromatic heterocycles. The first-order valence-electron chi connectivity index (χ1n) is 7.14. The lowest BCUT2D eigenvalue weighted by Crippen LogP contribution is -2.44. The minimum absolute atomic E-state index is 0.118. The first kappa shape index (κ1) is 18.5. The number of sulfonamides is 1. The number of carbonyl (C=O) groups is 1. The number of rotatable bonds is 4. The number of thiophene rings is 1. The predicted octanol–water partition coefficient (Wildman–Crippen LogP) is -2.28. The lowest BCUT2D eigenvalue weighted by molar-refractivity contribution is -0.135. The van der Waals surface area contributed by atoms with E-state index in [9.17, 15) is 33.0 Å². The maximum atomic E-state index is 12.2. The van der Waals surface area contributed by atoms with E-state index in [2.05, 4.69) is 0 Å². The highest BCUT2D eigenvalue weighted by atomic mass is 32.2. The number of hydrogen-bond acceptors (Lipinski definition) is 9. The third-order valence-corrected chi connectivity index (χ3v) is 6.36. The summed E-state index contributed by atoms with van der Waals surface area (Å²) in [6, 6.07) is 3.75. The standard InChI is InChI=1S/C13H13N3O8S2/c17-6-3-4-16(13(21)14-6)12-9(19)8(18)10(24-12)11(20)15-26(22,23)7-2-1-5-25-7/h1-5,8-10,12,18-19H,(H,15,20)(H,14,17,21)/t8-,9+,10-,12+/m0/s1. The van der Waals surface area contributed by atoms with Crippen LogP contribution in [-0.4, -0.2) is 52.4 Å². The Hall–Kier alpha value is -2.32. The van der Waals surface area contributed by atoms with Crippen LogP contribution in [0.2, 0.25) is 0 Å². The molecular weight excluding hydrogens is 390 g/mol. The second kappa shape index (κ2) is 6.77. The lowest BCUT2D eigenvalue weighted by Gasteiger charge is -2.16. The number of ether oxygens (including phenoxy) is 1. The Morgan fingerprint density at radius 2 is 2.00 bits per heavy atom. The number of carbonyl (C=O) groups excluding carboxylic acids is 1. The van der Waals surface area contributed by atoms with Crippen LogP contribution in [0, 0.1) is 0 Å². The minimum atomic E-state index is -4.16.